The normalized spacial score (nSPS) is 21.7. The lowest BCUT2D eigenvalue weighted by atomic mass is 10.0. The summed E-state index contributed by atoms with van der Waals surface area (Å²) in [6.07, 6.45) is 0.131. The molecule has 1 aromatic rings. The summed E-state index contributed by atoms with van der Waals surface area (Å²) in [6.45, 7) is 1.83. The number of likely N-dealkylation sites (tertiary alicyclic amines) is 1. The van der Waals surface area contributed by atoms with E-state index in [4.69, 9.17) is 15.2 Å². The summed E-state index contributed by atoms with van der Waals surface area (Å²) in [7, 11) is 3.16. The first-order valence-electron chi connectivity index (χ1n) is 7.67. The van der Waals surface area contributed by atoms with E-state index in [0.717, 1.165) is 12.1 Å². The fourth-order valence-electron chi connectivity index (χ4n) is 2.61. The van der Waals surface area contributed by atoms with Crippen LogP contribution in [0.3, 0.4) is 0 Å². The van der Waals surface area contributed by atoms with E-state index in [2.05, 4.69) is 5.32 Å². The van der Waals surface area contributed by atoms with Crippen molar-refractivity contribution in [3.8, 4) is 11.5 Å². The summed E-state index contributed by atoms with van der Waals surface area (Å²) < 4.78 is 10.4. The van der Waals surface area contributed by atoms with Crippen LogP contribution in [0.25, 0.3) is 0 Å². The molecule has 1 aliphatic rings. The summed E-state index contributed by atoms with van der Waals surface area (Å²) >= 11 is 0. The van der Waals surface area contributed by atoms with Crippen molar-refractivity contribution in [2.75, 3.05) is 33.9 Å². The summed E-state index contributed by atoms with van der Waals surface area (Å²) in [5, 5.41) is 12.6. The molecule has 2 atom stereocenters. The number of methoxy groups -OCH3 is 2. The van der Waals surface area contributed by atoms with Gasteiger partial charge in [0.2, 0.25) is 5.91 Å². The summed E-state index contributed by atoms with van der Waals surface area (Å²) in [5.74, 6) is 1.20. The third kappa shape index (κ3) is 4.82. The lowest BCUT2D eigenvalue weighted by Crippen LogP contribution is -2.52. The Morgan fingerprint density at radius 2 is 2.13 bits per heavy atom. The highest BCUT2D eigenvalue weighted by Crippen LogP contribution is 2.27. The van der Waals surface area contributed by atoms with Crippen LogP contribution in [0.1, 0.15) is 12.0 Å². The number of amides is 1. The van der Waals surface area contributed by atoms with Gasteiger partial charge in [-0.1, -0.05) is 6.07 Å². The Labute approximate surface area is 136 Å². The zero-order valence-electron chi connectivity index (χ0n) is 13.6. The van der Waals surface area contributed by atoms with E-state index in [1.807, 2.05) is 23.1 Å². The zero-order valence-corrected chi connectivity index (χ0v) is 13.6. The molecule has 0 radical (unpaired) electrons. The molecule has 7 heteroatoms. The van der Waals surface area contributed by atoms with Gasteiger partial charge in [0.1, 0.15) is 0 Å². The van der Waals surface area contributed by atoms with Crippen molar-refractivity contribution in [3.05, 3.63) is 23.8 Å². The standard InChI is InChI=1S/C16H25N3O4/c1-22-14-4-3-11(7-15(14)23-2)8-18-16(21)10-19-6-5-12(17)13(20)9-19/h3-4,7,12-13,20H,5-6,8-10,17H2,1-2H3,(H,18,21)/t12-,13-/m1/s1. The number of aliphatic hydroxyl groups excluding tert-OH is 1. The van der Waals surface area contributed by atoms with Crippen LogP contribution in [0.2, 0.25) is 0 Å². The van der Waals surface area contributed by atoms with E-state index in [-0.39, 0.29) is 18.5 Å². The van der Waals surface area contributed by atoms with Gasteiger partial charge >= 0.3 is 0 Å². The van der Waals surface area contributed by atoms with Gasteiger partial charge in [0.15, 0.2) is 11.5 Å². The monoisotopic (exact) mass is 323 g/mol. The molecule has 0 aliphatic carbocycles. The average Bonchev–Trinajstić information content (AvgIpc) is 2.56. The van der Waals surface area contributed by atoms with Gasteiger partial charge < -0.3 is 25.6 Å². The molecule has 1 fully saturated rings. The van der Waals surface area contributed by atoms with Crippen LogP contribution < -0.4 is 20.5 Å². The van der Waals surface area contributed by atoms with Crippen LogP contribution in [0.15, 0.2) is 18.2 Å². The Morgan fingerprint density at radius 1 is 1.39 bits per heavy atom. The van der Waals surface area contributed by atoms with Gasteiger partial charge in [-0.2, -0.15) is 0 Å². The van der Waals surface area contributed by atoms with E-state index >= 15 is 0 Å². The van der Waals surface area contributed by atoms with Gasteiger partial charge in [-0.3, -0.25) is 9.69 Å². The second-order valence-corrected chi connectivity index (χ2v) is 5.72. The Hall–Kier alpha value is -1.83. The number of hydrogen-bond donors (Lipinski definition) is 3. The van der Waals surface area contributed by atoms with E-state index < -0.39 is 6.10 Å². The van der Waals surface area contributed by atoms with Gasteiger partial charge in [0.25, 0.3) is 0 Å². The van der Waals surface area contributed by atoms with Gasteiger partial charge in [0.05, 0.1) is 26.9 Å². The third-order valence-corrected chi connectivity index (χ3v) is 4.02. The average molecular weight is 323 g/mol. The molecule has 23 heavy (non-hydrogen) atoms. The Morgan fingerprint density at radius 3 is 2.78 bits per heavy atom. The van der Waals surface area contributed by atoms with Gasteiger partial charge in [-0.15, -0.1) is 0 Å². The highest BCUT2D eigenvalue weighted by atomic mass is 16.5. The van der Waals surface area contributed by atoms with Crippen LogP contribution in [0.4, 0.5) is 0 Å². The van der Waals surface area contributed by atoms with E-state index in [0.29, 0.717) is 31.0 Å². The lowest BCUT2D eigenvalue weighted by Gasteiger charge is -2.33. The van der Waals surface area contributed by atoms with Gasteiger partial charge in [-0.05, 0) is 24.1 Å². The van der Waals surface area contributed by atoms with E-state index in [1.54, 1.807) is 14.2 Å². The minimum absolute atomic E-state index is 0.0811. The maximum atomic E-state index is 12.0. The number of rotatable bonds is 6. The minimum atomic E-state index is -0.567. The first-order chi connectivity index (χ1) is 11.0. The maximum absolute atomic E-state index is 12.0. The molecule has 1 saturated heterocycles. The van der Waals surface area contributed by atoms with Crippen LogP contribution in [-0.4, -0.2) is 61.9 Å². The molecule has 0 spiro atoms. The molecule has 0 unspecified atom stereocenters. The second-order valence-electron chi connectivity index (χ2n) is 5.72. The second kappa shape index (κ2) is 8.14. The molecule has 7 nitrogen and oxygen atoms in total. The Kier molecular flexibility index (Phi) is 6.20. The fourth-order valence-corrected chi connectivity index (χ4v) is 2.61. The molecular formula is C16H25N3O4. The van der Waals surface area contributed by atoms with Crippen molar-refractivity contribution in [2.24, 2.45) is 5.73 Å². The van der Waals surface area contributed by atoms with Crippen molar-refractivity contribution in [3.63, 3.8) is 0 Å². The van der Waals surface area contributed by atoms with Crippen molar-refractivity contribution in [1.82, 2.24) is 10.2 Å². The molecule has 0 bridgehead atoms. The highest BCUT2D eigenvalue weighted by Gasteiger charge is 2.25. The highest BCUT2D eigenvalue weighted by molar-refractivity contribution is 5.78. The number of carbonyl (C=O) groups excluding carboxylic acids is 1. The van der Waals surface area contributed by atoms with E-state index in [9.17, 15) is 9.90 Å². The zero-order chi connectivity index (χ0) is 16.8. The molecule has 0 aromatic heterocycles. The van der Waals surface area contributed by atoms with Gasteiger partial charge in [-0.25, -0.2) is 0 Å². The number of nitrogens with zero attached hydrogens (tertiary/aromatic N) is 1. The molecule has 2 rings (SSSR count). The third-order valence-electron chi connectivity index (χ3n) is 4.02. The number of carbonyl (C=O) groups is 1. The fraction of sp³-hybridized carbons (Fsp3) is 0.562. The molecule has 1 heterocycles. The van der Waals surface area contributed by atoms with Crippen molar-refractivity contribution in [1.29, 1.82) is 0 Å². The molecule has 0 saturated carbocycles. The number of benzene rings is 1. The number of piperidine rings is 1. The number of hydrogen-bond acceptors (Lipinski definition) is 6. The van der Waals surface area contributed by atoms with E-state index in [1.165, 1.54) is 0 Å². The van der Waals surface area contributed by atoms with Crippen LogP contribution in [0.5, 0.6) is 11.5 Å². The molecule has 1 amide bonds. The number of aliphatic hydroxyl groups is 1. The van der Waals surface area contributed by atoms with Crippen molar-refractivity contribution in [2.45, 2.75) is 25.1 Å². The molecule has 1 aliphatic heterocycles. The maximum Gasteiger partial charge on any atom is 0.234 e. The number of β-amino-alcohol motifs (C(OH)–C–C–N with tert-alkyl or cyclic N) is 1. The lowest BCUT2D eigenvalue weighted by molar-refractivity contribution is -0.123. The van der Waals surface area contributed by atoms with Crippen LogP contribution >= 0.6 is 0 Å². The smallest absolute Gasteiger partial charge is 0.234 e. The Bertz CT molecular complexity index is 538. The minimum Gasteiger partial charge on any atom is -0.493 e. The Balaban J connectivity index is 1.82. The summed E-state index contributed by atoms with van der Waals surface area (Å²) in [6, 6.07) is 5.33. The molecule has 1 aromatic carbocycles. The number of nitrogens with one attached hydrogen (secondary N) is 1. The SMILES string of the molecule is COc1ccc(CNC(=O)CN2CC[C@@H](N)[C@H](O)C2)cc1OC. The van der Waals surface area contributed by atoms with Crippen LogP contribution in [0, 0.1) is 0 Å². The predicted molar refractivity (Wildman–Crippen MR) is 86.4 cm³/mol. The topological polar surface area (TPSA) is 97.1 Å². The largest absolute Gasteiger partial charge is 0.493 e. The first-order valence-corrected chi connectivity index (χ1v) is 7.67. The van der Waals surface area contributed by atoms with Crippen molar-refractivity contribution >= 4 is 5.91 Å². The quantitative estimate of drug-likeness (QED) is 0.666. The first kappa shape index (κ1) is 17.5. The molecule has 128 valence electrons. The summed E-state index contributed by atoms with van der Waals surface area (Å²) in [4.78, 5) is 13.9. The van der Waals surface area contributed by atoms with Gasteiger partial charge in [0, 0.05) is 25.7 Å². The molecule has 4 N–H and O–H groups in total. The van der Waals surface area contributed by atoms with Crippen LogP contribution in [-0.2, 0) is 11.3 Å². The molecular weight excluding hydrogens is 298 g/mol. The van der Waals surface area contributed by atoms with Crippen molar-refractivity contribution < 1.29 is 19.4 Å². The summed E-state index contributed by atoms with van der Waals surface area (Å²) in [5.41, 5.74) is 6.69. The predicted octanol–water partition coefficient (Wildman–Crippen LogP) is -0.286. The number of nitrogens with two attached hydrogens (primary N) is 1. The number of ether oxygens (including phenoxy) is 2.